The third-order valence-corrected chi connectivity index (χ3v) is 4.93. The van der Waals surface area contributed by atoms with Crippen LogP contribution in [0.15, 0.2) is 47.5 Å². The van der Waals surface area contributed by atoms with Crippen LogP contribution in [0.2, 0.25) is 0 Å². The van der Waals surface area contributed by atoms with Crippen LogP contribution in [0.4, 0.5) is 0 Å². The highest BCUT2D eigenvalue weighted by molar-refractivity contribution is 5.95. The molecule has 2 aromatic heterocycles. The van der Waals surface area contributed by atoms with E-state index >= 15 is 0 Å². The molecule has 0 radical (unpaired) electrons. The van der Waals surface area contributed by atoms with E-state index in [-0.39, 0.29) is 17.5 Å². The van der Waals surface area contributed by atoms with Gasteiger partial charge in [0.15, 0.2) is 5.82 Å². The average molecular weight is 389 g/mol. The van der Waals surface area contributed by atoms with E-state index in [0.717, 1.165) is 6.42 Å². The maximum atomic E-state index is 12.8. The zero-order valence-electron chi connectivity index (χ0n) is 15.8. The fraction of sp³-hybridized carbons (Fsp3) is 0.238. The van der Waals surface area contributed by atoms with E-state index < -0.39 is 0 Å². The summed E-state index contributed by atoms with van der Waals surface area (Å²) in [6.07, 6.45) is 3.87. The highest BCUT2D eigenvalue weighted by Crippen LogP contribution is 2.17. The second kappa shape index (κ2) is 7.73. The smallest absolute Gasteiger partial charge is 0.280 e. The normalized spacial score (nSPS) is 15.8. The van der Waals surface area contributed by atoms with Crippen molar-refractivity contribution in [1.29, 1.82) is 5.26 Å². The Labute approximate surface area is 166 Å². The standard InChI is InChI=1S/C21H19N5O3/c1-13-8-19(23-10-17(13)20(27)25-16-6-7-29-12-16)26-21(28)18(11-24-26)15-4-2-14(9-22)3-5-15/h2-5,8,10-11,16,24H,6-7,12H2,1H3,(H,25,27)/t16-/m0/s1. The van der Waals surface area contributed by atoms with Gasteiger partial charge < -0.3 is 10.1 Å². The summed E-state index contributed by atoms with van der Waals surface area (Å²) in [4.78, 5) is 29.6. The van der Waals surface area contributed by atoms with Gasteiger partial charge in [-0.3, -0.25) is 14.7 Å². The van der Waals surface area contributed by atoms with Crippen LogP contribution in [0, 0.1) is 18.3 Å². The minimum Gasteiger partial charge on any atom is -0.379 e. The molecule has 1 aliphatic heterocycles. The molecule has 1 aliphatic rings. The molecule has 3 aromatic rings. The number of benzene rings is 1. The minimum absolute atomic E-state index is 0.0163. The first-order chi connectivity index (χ1) is 14.1. The first kappa shape index (κ1) is 18.7. The summed E-state index contributed by atoms with van der Waals surface area (Å²) in [6, 6.07) is 10.5. The largest absolute Gasteiger partial charge is 0.379 e. The van der Waals surface area contributed by atoms with Gasteiger partial charge >= 0.3 is 0 Å². The molecule has 146 valence electrons. The number of aromatic nitrogens is 3. The van der Waals surface area contributed by atoms with Crippen LogP contribution in [0.3, 0.4) is 0 Å². The number of aromatic amines is 1. The van der Waals surface area contributed by atoms with Crippen molar-refractivity contribution in [3.8, 4) is 23.0 Å². The van der Waals surface area contributed by atoms with Crippen molar-refractivity contribution in [1.82, 2.24) is 20.1 Å². The van der Waals surface area contributed by atoms with Crippen molar-refractivity contribution in [2.75, 3.05) is 13.2 Å². The fourth-order valence-electron chi connectivity index (χ4n) is 3.28. The molecule has 0 saturated carbocycles. The monoisotopic (exact) mass is 389 g/mol. The summed E-state index contributed by atoms with van der Waals surface area (Å²) in [5.74, 6) is 0.197. The number of H-pyrrole nitrogens is 1. The average Bonchev–Trinajstić information content (AvgIpc) is 3.37. The van der Waals surface area contributed by atoms with E-state index in [1.54, 1.807) is 43.5 Å². The van der Waals surface area contributed by atoms with E-state index in [9.17, 15) is 9.59 Å². The number of nitriles is 1. The van der Waals surface area contributed by atoms with Crippen LogP contribution in [-0.4, -0.2) is 39.9 Å². The Morgan fingerprint density at radius 1 is 1.38 bits per heavy atom. The second-order valence-electron chi connectivity index (χ2n) is 6.91. The van der Waals surface area contributed by atoms with Crippen LogP contribution in [0.25, 0.3) is 16.9 Å². The zero-order valence-corrected chi connectivity index (χ0v) is 15.8. The highest BCUT2D eigenvalue weighted by atomic mass is 16.5. The van der Waals surface area contributed by atoms with Gasteiger partial charge in [-0.15, -0.1) is 0 Å². The molecular weight excluding hydrogens is 370 g/mol. The number of carbonyl (C=O) groups is 1. The summed E-state index contributed by atoms with van der Waals surface area (Å²) in [7, 11) is 0. The summed E-state index contributed by atoms with van der Waals surface area (Å²) in [5.41, 5.74) is 2.62. The molecule has 29 heavy (non-hydrogen) atoms. The van der Waals surface area contributed by atoms with Crippen molar-refractivity contribution in [2.24, 2.45) is 0 Å². The topological polar surface area (TPSA) is 113 Å². The van der Waals surface area contributed by atoms with Crippen molar-refractivity contribution < 1.29 is 9.53 Å². The number of aryl methyl sites for hydroxylation is 1. The lowest BCUT2D eigenvalue weighted by Gasteiger charge is -2.12. The first-order valence-corrected chi connectivity index (χ1v) is 9.23. The van der Waals surface area contributed by atoms with Gasteiger partial charge in [0.25, 0.3) is 11.5 Å². The molecule has 1 atom stereocenters. The van der Waals surface area contributed by atoms with E-state index in [0.29, 0.717) is 46.8 Å². The number of rotatable bonds is 4. The van der Waals surface area contributed by atoms with Gasteiger partial charge in [0.2, 0.25) is 0 Å². The van der Waals surface area contributed by atoms with Gasteiger partial charge in [0.05, 0.1) is 35.4 Å². The predicted molar refractivity (Wildman–Crippen MR) is 106 cm³/mol. The molecule has 3 heterocycles. The second-order valence-corrected chi connectivity index (χ2v) is 6.91. The van der Waals surface area contributed by atoms with E-state index in [1.165, 1.54) is 10.9 Å². The number of nitrogens with zero attached hydrogens (tertiary/aromatic N) is 3. The van der Waals surface area contributed by atoms with Crippen LogP contribution in [-0.2, 0) is 4.74 Å². The number of pyridine rings is 1. The summed E-state index contributed by atoms with van der Waals surface area (Å²) >= 11 is 0. The van der Waals surface area contributed by atoms with Crippen molar-refractivity contribution in [2.45, 2.75) is 19.4 Å². The summed E-state index contributed by atoms with van der Waals surface area (Å²) in [5, 5.41) is 14.8. The van der Waals surface area contributed by atoms with Gasteiger partial charge in [-0.05, 0) is 42.7 Å². The fourth-order valence-corrected chi connectivity index (χ4v) is 3.28. The quantitative estimate of drug-likeness (QED) is 0.708. The molecule has 1 saturated heterocycles. The van der Waals surface area contributed by atoms with Gasteiger partial charge in [0, 0.05) is 19.0 Å². The summed E-state index contributed by atoms with van der Waals surface area (Å²) in [6.45, 7) is 2.98. The van der Waals surface area contributed by atoms with E-state index in [2.05, 4.69) is 21.5 Å². The molecule has 0 spiro atoms. The third kappa shape index (κ3) is 3.68. The molecule has 4 rings (SSSR count). The number of ether oxygens (including phenoxy) is 1. The lowest BCUT2D eigenvalue weighted by molar-refractivity contribution is 0.0929. The predicted octanol–water partition coefficient (Wildman–Crippen LogP) is 1.93. The Hall–Kier alpha value is -3.70. The Kier molecular flexibility index (Phi) is 4.97. The highest BCUT2D eigenvalue weighted by Gasteiger charge is 2.20. The van der Waals surface area contributed by atoms with E-state index in [4.69, 9.17) is 10.00 Å². The molecule has 0 aliphatic carbocycles. The van der Waals surface area contributed by atoms with Gasteiger partial charge in [-0.1, -0.05) is 12.1 Å². The Bertz CT molecular complexity index is 1150. The molecule has 1 fully saturated rings. The van der Waals surface area contributed by atoms with Gasteiger partial charge in [-0.25, -0.2) is 9.67 Å². The van der Waals surface area contributed by atoms with Crippen LogP contribution < -0.4 is 10.9 Å². The Morgan fingerprint density at radius 3 is 2.83 bits per heavy atom. The Morgan fingerprint density at radius 2 is 2.17 bits per heavy atom. The zero-order chi connectivity index (χ0) is 20.4. The Balaban J connectivity index is 1.59. The van der Waals surface area contributed by atoms with Crippen molar-refractivity contribution in [3.63, 3.8) is 0 Å². The van der Waals surface area contributed by atoms with E-state index in [1.807, 2.05) is 0 Å². The molecule has 8 nitrogen and oxygen atoms in total. The van der Waals surface area contributed by atoms with Crippen LogP contribution >= 0.6 is 0 Å². The SMILES string of the molecule is Cc1cc(-n2[nH]cc(-c3ccc(C#N)cc3)c2=O)ncc1C(=O)N[C@H]1CCOC1. The molecule has 8 heteroatoms. The maximum Gasteiger partial charge on any atom is 0.280 e. The third-order valence-electron chi connectivity index (χ3n) is 4.93. The molecule has 1 aromatic carbocycles. The van der Waals surface area contributed by atoms with Crippen LogP contribution in [0.5, 0.6) is 0 Å². The lowest BCUT2D eigenvalue weighted by Crippen LogP contribution is -2.35. The number of hydrogen-bond donors (Lipinski definition) is 2. The number of amides is 1. The number of hydrogen-bond acceptors (Lipinski definition) is 5. The van der Waals surface area contributed by atoms with Crippen LogP contribution in [0.1, 0.15) is 27.9 Å². The van der Waals surface area contributed by atoms with Crippen molar-refractivity contribution in [3.05, 3.63) is 69.8 Å². The first-order valence-electron chi connectivity index (χ1n) is 9.23. The summed E-state index contributed by atoms with van der Waals surface area (Å²) < 4.78 is 6.60. The maximum absolute atomic E-state index is 12.8. The molecule has 0 unspecified atom stereocenters. The van der Waals surface area contributed by atoms with Gasteiger partial charge in [-0.2, -0.15) is 5.26 Å². The molecule has 1 amide bonds. The minimum atomic E-state index is -0.262. The molecule has 0 bridgehead atoms. The van der Waals surface area contributed by atoms with Crippen molar-refractivity contribution >= 4 is 5.91 Å². The van der Waals surface area contributed by atoms with Gasteiger partial charge in [0.1, 0.15) is 0 Å². The lowest BCUT2D eigenvalue weighted by atomic mass is 10.1. The number of carbonyl (C=O) groups excluding carboxylic acids is 1. The molecular formula is C21H19N5O3. The number of nitrogens with one attached hydrogen (secondary N) is 2. The molecule has 2 N–H and O–H groups in total.